The first-order valence-corrected chi connectivity index (χ1v) is 17.9. The molecule has 4 heterocycles. The van der Waals surface area contributed by atoms with Gasteiger partial charge in [-0.05, 0) is 31.2 Å². The number of esters is 3. The minimum atomic E-state index is -4.57. The Kier molecular flexibility index (Phi) is 11.6. The molecule has 2 fully saturated rings. The molecular weight excluding hydrogens is 687 g/mol. The molecule has 0 saturated carbocycles. The van der Waals surface area contributed by atoms with Crippen LogP contribution in [0.3, 0.4) is 0 Å². The Morgan fingerprint density at radius 3 is 2.37 bits per heavy atom. The molecule has 51 heavy (non-hydrogen) atoms. The van der Waals surface area contributed by atoms with E-state index in [9.17, 15) is 24.2 Å². The van der Waals surface area contributed by atoms with Crippen molar-refractivity contribution >= 4 is 37.0 Å². The number of ether oxygens (including phenoxy) is 5. The smallest absolute Gasteiger partial charge is 0.459 e. The van der Waals surface area contributed by atoms with E-state index in [1.54, 1.807) is 58.0 Å². The quantitative estimate of drug-likeness (QED) is 0.130. The van der Waals surface area contributed by atoms with E-state index in [0.717, 1.165) is 0 Å². The molecule has 0 aliphatic carbocycles. The third kappa shape index (κ3) is 8.49. The topological polar surface area (TPSA) is 225 Å². The van der Waals surface area contributed by atoms with Crippen LogP contribution in [0.25, 0.3) is 5.52 Å². The first-order valence-electron chi connectivity index (χ1n) is 16.4. The fourth-order valence-electron chi connectivity index (χ4n) is 5.14. The average Bonchev–Trinajstić information content (AvgIpc) is 3.63. The van der Waals surface area contributed by atoms with Crippen molar-refractivity contribution in [2.75, 3.05) is 32.2 Å². The number of carbonyl (C=O) groups excluding carboxylic acids is 3. The van der Waals surface area contributed by atoms with Gasteiger partial charge in [-0.2, -0.15) is 15.4 Å². The molecule has 2 saturated heterocycles. The third-order valence-corrected chi connectivity index (χ3v) is 9.74. The number of para-hydroxylation sites is 1. The number of carbonyl (C=O) groups is 3. The van der Waals surface area contributed by atoms with Gasteiger partial charge in [-0.25, -0.2) is 14.1 Å². The minimum Gasteiger partial charge on any atom is -0.464 e. The number of anilines is 1. The van der Waals surface area contributed by atoms with E-state index in [4.69, 9.17) is 38.5 Å². The van der Waals surface area contributed by atoms with Gasteiger partial charge in [-0.3, -0.25) is 18.9 Å². The van der Waals surface area contributed by atoms with E-state index < -0.39 is 74.1 Å². The molecule has 0 amide bonds. The van der Waals surface area contributed by atoms with Gasteiger partial charge in [0.25, 0.3) is 0 Å². The molecule has 274 valence electrons. The zero-order valence-corrected chi connectivity index (χ0v) is 29.7. The average molecular weight is 729 g/mol. The molecule has 2 aromatic heterocycles. The van der Waals surface area contributed by atoms with Crippen LogP contribution in [0.2, 0.25) is 0 Å². The molecule has 3 aromatic rings. The Balaban J connectivity index is 1.52. The standard InChI is InChI=1S/C33H41N6O11P/c1-19(2)30(40)47-27-26(24-11-12-25-29(35)36-18-37-39(24)25)49-33(16-34,28(27)48-31(41)20(3)4)17-46-51(43,50-23-9-7-6-8-10-23)38-21(5)32(42)45-15-22-13-44-14-22/h6-12,18-22,26-28H,13-15,17H2,1-5H3,(H,38,43)(H2,35,36,37)/t21-,26-,27-,28-,33+,51-/m0/s1. The lowest BCUT2D eigenvalue weighted by Gasteiger charge is -2.31. The molecule has 6 atom stereocenters. The van der Waals surface area contributed by atoms with Gasteiger partial charge in [-0.1, -0.05) is 45.9 Å². The maximum Gasteiger partial charge on any atom is 0.459 e. The van der Waals surface area contributed by atoms with Gasteiger partial charge >= 0.3 is 25.7 Å². The second-order valence-corrected chi connectivity index (χ2v) is 14.6. The predicted molar refractivity (Wildman–Crippen MR) is 177 cm³/mol. The largest absolute Gasteiger partial charge is 0.464 e. The highest BCUT2D eigenvalue weighted by Crippen LogP contribution is 2.50. The van der Waals surface area contributed by atoms with E-state index in [1.807, 2.05) is 6.07 Å². The van der Waals surface area contributed by atoms with Gasteiger partial charge in [0.2, 0.25) is 5.60 Å². The Morgan fingerprint density at radius 1 is 1.06 bits per heavy atom. The number of hydrogen-bond acceptors (Lipinski definition) is 15. The molecular formula is C33H41N6O11P. The molecule has 0 spiro atoms. The summed E-state index contributed by atoms with van der Waals surface area (Å²) in [5.74, 6) is -3.14. The van der Waals surface area contributed by atoms with Crippen LogP contribution in [-0.2, 0) is 47.2 Å². The summed E-state index contributed by atoms with van der Waals surface area (Å²) in [6.07, 6.45) is -3.12. The molecule has 3 N–H and O–H groups in total. The molecule has 0 bridgehead atoms. The Bertz CT molecular complexity index is 1810. The highest BCUT2D eigenvalue weighted by molar-refractivity contribution is 7.52. The monoisotopic (exact) mass is 728 g/mol. The van der Waals surface area contributed by atoms with Crippen LogP contribution in [0.4, 0.5) is 5.82 Å². The zero-order chi connectivity index (χ0) is 36.9. The van der Waals surface area contributed by atoms with Crippen molar-refractivity contribution in [1.29, 1.82) is 5.26 Å². The number of rotatable bonds is 15. The number of nitrogen functional groups attached to an aromatic ring is 1. The number of hydrogen-bond donors (Lipinski definition) is 2. The molecule has 0 radical (unpaired) electrons. The molecule has 17 nitrogen and oxygen atoms in total. The molecule has 1 aromatic carbocycles. The normalized spacial score (nSPS) is 23.6. The summed E-state index contributed by atoms with van der Waals surface area (Å²) in [4.78, 5) is 43.1. The van der Waals surface area contributed by atoms with Gasteiger partial charge in [0.05, 0.1) is 37.4 Å². The predicted octanol–water partition coefficient (Wildman–Crippen LogP) is 3.15. The van der Waals surface area contributed by atoms with Gasteiger partial charge < -0.3 is 33.9 Å². The van der Waals surface area contributed by atoms with E-state index >= 15 is 0 Å². The fourth-order valence-corrected chi connectivity index (χ4v) is 6.66. The molecule has 0 unspecified atom stereocenters. The van der Waals surface area contributed by atoms with Crippen molar-refractivity contribution in [2.24, 2.45) is 17.8 Å². The summed E-state index contributed by atoms with van der Waals surface area (Å²) < 4.78 is 56.2. The van der Waals surface area contributed by atoms with E-state index in [1.165, 1.54) is 29.9 Å². The maximum absolute atomic E-state index is 14.4. The summed E-state index contributed by atoms with van der Waals surface area (Å²) in [6.45, 7) is 7.96. The first-order chi connectivity index (χ1) is 24.3. The number of aromatic nitrogens is 3. The molecule has 2 aliphatic rings. The highest BCUT2D eigenvalue weighted by Gasteiger charge is 2.62. The van der Waals surface area contributed by atoms with E-state index in [0.29, 0.717) is 18.7 Å². The van der Waals surface area contributed by atoms with Gasteiger partial charge in [0.1, 0.15) is 42.4 Å². The number of nitrogens with zero attached hydrogens (tertiary/aromatic N) is 4. The Labute approximate surface area is 294 Å². The van der Waals surface area contributed by atoms with Gasteiger partial charge in [0, 0.05) is 5.92 Å². The Morgan fingerprint density at radius 2 is 1.75 bits per heavy atom. The number of nitrogens with one attached hydrogen (secondary N) is 1. The first kappa shape index (κ1) is 37.7. The minimum absolute atomic E-state index is 0.0524. The van der Waals surface area contributed by atoms with Crippen LogP contribution in [0.5, 0.6) is 5.75 Å². The van der Waals surface area contributed by atoms with Crippen LogP contribution < -0.4 is 15.3 Å². The third-order valence-electron chi connectivity index (χ3n) is 8.12. The van der Waals surface area contributed by atoms with Crippen LogP contribution in [-0.4, -0.2) is 82.8 Å². The van der Waals surface area contributed by atoms with Crippen molar-refractivity contribution in [3.05, 3.63) is 54.5 Å². The number of benzene rings is 1. The fraction of sp³-hybridized carbons (Fsp3) is 0.515. The summed E-state index contributed by atoms with van der Waals surface area (Å²) in [6, 6.07) is 12.0. The van der Waals surface area contributed by atoms with Crippen LogP contribution >= 0.6 is 7.75 Å². The zero-order valence-electron chi connectivity index (χ0n) is 28.8. The second-order valence-electron chi connectivity index (χ2n) is 12.9. The second kappa shape index (κ2) is 15.7. The van der Waals surface area contributed by atoms with Gasteiger partial charge in [0.15, 0.2) is 18.0 Å². The maximum atomic E-state index is 14.4. The van der Waals surface area contributed by atoms with Crippen molar-refractivity contribution in [3.8, 4) is 11.8 Å². The lowest BCUT2D eigenvalue weighted by Crippen LogP contribution is -2.50. The van der Waals surface area contributed by atoms with Crippen molar-refractivity contribution in [1.82, 2.24) is 19.7 Å². The molecule has 2 aliphatic heterocycles. The highest BCUT2D eigenvalue weighted by atomic mass is 31.2. The van der Waals surface area contributed by atoms with E-state index in [-0.39, 0.29) is 29.8 Å². The number of nitriles is 1. The van der Waals surface area contributed by atoms with Crippen LogP contribution in [0, 0.1) is 29.1 Å². The SMILES string of the molecule is CC(C)C(=O)O[C@H]1[C@H](c2ccc3c(N)ncnn23)O[C@](C#N)(CO[P@@](=O)(N[C@@H](C)C(=O)OCC2COC2)Oc2ccccc2)[C@H]1OC(=O)C(C)C. The summed E-state index contributed by atoms with van der Waals surface area (Å²) >= 11 is 0. The molecule has 18 heteroatoms. The van der Waals surface area contributed by atoms with Crippen molar-refractivity contribution < 1.29 is 51.7 Å². The summed E-state index contributed by atoms with van der Waals surface area (Å²) in [7, 11) is -4.57. The van der Waals surface area contributed by atoms with E-state index in [2.05, 4.69) is 15.2 Å². The molecule has 5 rings (SSSR count). The number of fused-ring (bicyclic) bond motifs is 1. The number of nitrogens with two attached hydrogens (primary N) is 1. The lowest BCUT2D eigenvalue weighted by atomic mass is 9.95. The van der Waals surface area contributed by atoms with Crippen molar-refractivity contribution in [3.63, 3.8) is 0 Å². The Hall–Kier alpha value is -4.59. The van der Waals surface area contributed by atoms with Crippen LogP contribution in [0.15, 0.2) is 48.8 Å². The van der Waals surface area contributed by atoms with Gasteiger partial charge in [-0.15, -0.1) is 0 Å². The van der Waals surface area contributed by atoms with Crippen LogP contribution in [0.1, 0.15) is 46.4 Å². The summed E-state index contributed by atoms with van der Waals surface area (Å²) in [5.41, 5.74) is 4.47. The van der Waals surface area contributed by atoms with Crippen molar-refractivity contribution in [2.45, 2.75) is 64.6 Å². The lowest BCUT2D eigenvalue weighted by molar-refractivity contribution is -0.173. The summed E-state index contributed by atoms with van der Waals surface area (Å²) in [5, 5.41) is 17.6.